The first kappa shape index (κ1) is 23.1. The standard InChI is InChI=1S/C22H16Cl2F3N3O3/c1-33-15-6-2-12(3-7-15)11-29-20(32)17(8-13-4-5-14(23)9-16(13)24)30-19(31)10-18(22(25,26)27)28-21(29)30/h2-7,9-10,17H,8,11H2,1H3. The average Bonchev–Trinajstić information content (AvgIpc) is 3.01. The number of aromatic nitrogens is 2. The van der Waals surface area contributed by atoms with Gasteiger partial charge in [-0.2, -0.15) is 13.2 Å². The number of ether oxygens (including phenoxy) is 1. The van der Waals surface area contributed by atoms with Crippen LogP contribution >= 0.6 is 23.2 Å². The van der Waals surface area contributed by atoms with Gasteiger partial charge in [0, 0.05) is 22.5 Å². The molecule has 0 aliphatic carbocycles. The molecule has 1 amide bonds. The fourth-order valence-corrected chi connectivity index (χ4v) is 4.12. The number of benzene rings is 2. The summed E-state index contributed by atoms with van der Waals surface area (Å²) in [5, 5.41) is 0.662. The molecule has 6 nitrogen and oxygen atoms in total. The molecule has 1 unspecified atom stereocenters. The number of anilines is 1. The topological polar surface area (TPSA) is 64.4 Å². The Labute approximate surface area is 196 Å². The minimum absolute atomic E-state index is 0.0199. The quantitative estimate of drug-likeness (QED) is 0.502. The zero-order valence-electron chi connectivity index (χ0n) is 17.1. The lowest BCUT2D eigenvalue weighted by Gasteiger charge is -2.17. The lowest BCUT2D eigenvalue weighted by atomic mass is 10.1. The van der Waals surface area contributed by atoms with Gasteiger partial charge in [-0.05, 0) is 35.4 Å². The summed E-state index contributed by atoms with van der Waals surface area (Å²) in [5.74, 6) is -0.359. The zero-order valence-corrected chi connectivity index (χ0v) is 18.6. The Hall–Kier alpha value is -3.04. The molecule has 0 saturated heterocycles. The van der Waals surface area contributed by atoms with Gasteiger partial charge in [0.15, 0.2) is 5.69 Å². The number of halogens is 5. The number of carbonyl (C=O) groups is 1. The van der Waals surface area contributed by atoms with Crippen LogP contribution in [0.2, 0.25) is 10.0 Å². The SMILES string of the molecule is COc1ccc(CN2C(=O)C(Cc3ccc(Cl)cc3Cl)n3c2nc(C(F)(F)F)cc3=O)cc1. The van der Waals surface area contributed by atoms with Crippen LogP contribution in [0.3, 0.4) is 0 Å². The first-order valence-electron chi connectivity index (χ1n) is 9.67. The van der Waals surface area contributed by atoms with Gasteiger partial charge in [-0.25, -0.2) is 4.98 Å². The Morgan fingerprint density at radius 2 is 1.76 bits per heavy atom. The molecule has 0 fully saturated rings. The van der Waals surface area contributed by atoms with Crippen molar-refractivity contribution in [3.05, 3.63) is 85.8 Å². The highest BCUT2D eigenvalue weighted by molar-refractivity contribution is 6.35. The molecule has 2 heterocycles. The van der Waals surface area contributed by atoms with Crippen molar-refractivity contribution in [3.8, 4) is 5.75 Å². The maximum Gasteiger partial charge on any atom is 0.433 e. The van der Waals surface area contributed by atoms with E-state index in [1.54, 1.807) is 36.4 Å². The van der Waals surface area contributed by atoms with Crippen LogP contribution in [0.4, 0.5) is 19.1 Å². The molecule has 4 rings (SSSR count). The maximum atomic E-state index is 13.3. The lowest BCUT2D eigenvalue weighted by molar-refractivity contribution is -0.141. The Kier molecular flexibility index (Phi) is 6.11. The fourth-order valence-electron chi connectivity index (χ4n) is 3.63. The van der Waals surface area contributed by atoms with Gasteiger partial charge in [-0.15, -0.1) is 0 Å². The van der Waals surface area contributed by atoms with Gasteiger partial charge in [0.05, 0.1) is 13.7 Å². The lowest BCUT2D eigenvalue weighted by Crippen LogP contribution is -2.30. The molecule has 1 aliphatic rings. The molecule has 0 N–H and O–H groups in total. The summed E-state index contributed by atoms with van der Waals surface area (Å²) in [6.45, 7) is -0.0819. The van der Waals surface area contributed by atoms with Gasteiger partial charge in [0.2, 0.25) is 5.95 Å². The van der Waals surface area contributed by atoms with Crippen LogP contribution in [-0.4, -0.2) is 22.6 Å². The number of methoxy groups -OCH3 is 1. The molecule has 0 bridgehead atoms. The Bertz CT molecular complexity index is 1280. The van der Waals surface area contributed by atoms with Crippen LogP contribution in [0.5, 0.6) is 5.75 Å². The molecule has 1 aromatic heterocycles. The van der Waals surface area contributed by atoms with Crippen LogP contribution in [0.1, 0.15) is 22.9 Å². The van der Waals surface area contributed by atoms with E-state index in [0.29, 0.717) is 28.0 Å². The van der Waals surface area contributed by atoms with Gasteiger partial charge >= 0.3 is 6.18 Å². The van der Waals surface area contributed by atoms with Crippen molar-refractivity contribution in [1.29, 1.82) is 0 Å². The van der Waals surface area contributed by atoms with Crippen molar-refractivity contribution in [2.75, 3.05) is 12.0 Å². The Morgan fingerprint density at radius 1 is 1.06 bits per heavy atom. The fraction of sp³-hybridized carbons (Fsp3) is 0.227. The smallest absolute Gasteiger partial charge is 0.433 e. The molecule has 33 heavy (non-hydrogen) atoms. The summed E-state index contributed by atoms with van der Waals surface area (Å²) in [6, 6.07) is 10.6. The number of amides is 1. The van der Waals surface area contributed by atoms with Crippen LogP contribution < -0.4 is 15.2 Å². The highest BCUT2D eigenvalue weighted by Gasteiger charge is 2.42. The van der Waals surface area contributed by atoms with Crippen molar-refractivity contribution < 1.29 is 22.7 Å². The monoisotopic (exact) mass is 497 g/mol. The second kappa shape index (κ2) is 8.72. The molecule has 11 heteroatoms. The van der Waals surface area contributed by atoms with Gasteiger partial charge in [-0.3, -0.25) is 19.1 Å². The van der Waals surface area contributed by atoms with Crippen LogP contribution in [0.25, 0.3) is 0 Å². The summed E-state index contributed by atoms with van der Waals surface area (Å²) < 4.78 is 46.1. The van der Waals surface area contributed by atoms with Crippen LogP contribution in [0.15, 0.2) is 53.3 Å². The number of rotatable bonds is 5. The first-order valence-corrected chi connectivity index (χ1v) is 10.4. The van der Waals surface area contributed by atoms with Crippen molar-refractivity contribution in [3.63, 3.8) is 0 Å². The average molecular weight is 498 g/mol. The van der Waals surface area contributed by atoms with Crippen molar-refractivity contribution in [2.24, 2.45) is 0 Å². The van der Waals surface area contributed by atoms with E-state index in [-0.39, 0.29) is 23.9 Å². The van der Waals surface area contributed by atoms with E-state index in [0.717, 1.165) is 9.47 Å². The molecular formula is C22H16Cl2F3N3O3. The minimum atomic E-state index is -4.85. The molecular weight excluding hydrogens is 482 g/mol. The predicted molar refractivity (Wildman–Crippen MR) is 117 cm³/mol. The van der Waals surface area contributed by atoms with E-state index in [2.05, 4.69) is 4.98 Å². The summed E-state index contributed by atoms with van der Waals surface area (Å²) in [4.78, 5) is 30.8. The highest BCUT2D eigenvalue weighted by Crippen LogP contribution is 2.35. The number of alkyl halides is 3. The van der Waals surface area contributed by atoms with E-state index in [1.165, 1.54) is 13.2 Å². The number of hydrogen-bond acceptors (Lipinski definition) is 4. The second-order valence-corrected chi connectivity index (χ2v) is 8.22. The van der Waals surface area contributed by atoms with E-state index >= 15 is 0 Å². The first-order chi connectivity index (χ1) is 15.6. The number of nitrogens with zero attached hydrogens (tertiary/aromatic N) is 3. The number of carbonyl (C=O) groups excluding carboxylic acids is 1. The Balaban J connectivity index is 1.78. The third-order valence-electron chi connectivity index (χ3n) is 5.26. The van der Waals surface area contributed by atoms with Gasteiger partial charge < -0.3 is 4.74 Å². The van der Waals surface area contributed by atoms with E-state index in [9.17, 15) is 22.8 Å². The van der Waals surface area contributed by atoms with Crippen molar-refractivity contribution in [1.82, 2.24) is 9.55 Å². The third-order valence-corrected chi connectivity index (χ3v) is 5.84. The molecule has 0 radical (unpaired) electrons. The van der Waals surface area contributed by atoms with E-state index in [1.807, 2.05) is 0 Å². The normalized spacial score (nSPS) is 15.6. The zero-order chi connectivity index (χ0) is 23.9. The summed E-state index contributed by atoms with van der Waals surface area (Å²) in [5.41, 5.74) is -1.21. The van der Waals surface area contributed by atoms with Gasteiger partial charge in [-0.1, -0.05) is 41.4 Å². The van der Waals surface area contributed by atoms with Crippen LogP contribution in [-0.2, 0) is 23.9 Å². The van der Waals surface area contributed by atoms with E-state index < -0.39 is 29.4 Å². The second-order valence-electron chi connectivity index (χ2n) is 7.38. The molecule has 0 saturated carbocycles. The molecule has 3 aromatic rings. The Morgan fingerprint density at radius 3 is 2.36 bits per heavy atom. The number of fused-ring (bicyclic) bond motifs is 1. The molecule has 1 atom stereocenters. The van der Waals surface area contributed by atoms with Crippen LogP contribution in [0, 0.1) is 0 Å². The predicted octanol–water partition coefficient (Wildman–Crippen LogP) is 4.91. The van der Waals surface area contributed by atoms with E-state index in [4.69, 9.17) is 27.9 Å². The van der Waals surface area contributed by atoms with Gasteiger partial charge in [0.1, 0.15) is 11.8 Å². The van der Waals surface area contributed by atoms with Crippen molar-refractivity contribution in [2.45, 2.75) is 25.2 Å². The van der Waals surface area contributed by atoms with Crippen molar-refractivity contribution >= 4 is 35.1 Å². The molecule has 1 aliphatic heterocycles. The largest absolute Gasteiger partial charge is 0.497 e. The molecule has 2 aromatic carbocycles. The summed E-state index contributed by atoms with van der Waals surface area (Å²) >= 11 is 12.2. The number of hydrogen-bond donors (Lipinski definition) is 0. The van der Waals surface area contributed by atoms with Gasteiger partial charge in [0.25, 0.3) is 11.5 Å². The maximum absolute atomic E-state index is 13.3. The highest BCUT2D eigenvalue weighted by atomic mass is 35.5. The minimum Gasteiger partial charge on any atom is -0.497 e. The summed E-state index contributed by atoms with van der Waals surface area (Å²) in [6.07, 6.45) is -4.87. The summed E-state index contributed by atoms with van der Waals surface area (Å²) in [7, 11) is 1.50. The molecule has 172 valence electrons. The molecule has 0 spiro atoms. The third kappa shape index (κ3) is 4.56.